The third-order valence-corrected chi connectivity index (χ3v) is 5.38. The standard InChI is InChI=1S/C22H24N2O4/c1-26-15-6-8-19-17(12-15)16-11-14(5-7-18(16)24-19)23-22(25)13-4-9-20(27-2)21(10-13)28-3/h4,6,8-10,12,14,24H,5,7,11H2,1-3H3,(H,23,25). The Hall–Kier alpha value is -3.15. The summed E-state index contributed by atoms with van der Waals surface area (Å²) in [5, 5.41) is 4.33. The van der Waals surface area contributed by atoms with Crippen LogP contribution in [-0.2, 0) is 12.8 Å². The molecule has 2 N–H and O–H groups in total. The molecule has 2 aromatic carbocycles. The van der Waals surface area contributed by atoms with Crippen LogP contribution in [0.4, 0.5) is 0 Å². The number of carbonyl (C=O) groups is 1. The first-order chi connectivity index (χ1) is 13.6. The number of carbonyl (C=O) groups excluding carboxylic acids is 1. The van der Waals surface area contributed by atoms with Gasteiger partial charge in [-0.3, -0.25) is 4.79 Å². The molecule has 4 rings (SSSR count). The number of hydrogen-bond donors (Lipinski definition) is 2. The summed E-state index contributed by atoms with van der Waals surface area (Å²) in [6.07, 6.45) is 2.60. The molecular formula is C22H24N2O4. The van der Waals surface area contributed by atoms with E-state index in [1.807, 2.05) is 12.1 Å². The van der Waals surface area contributed by atoms with Crippen LogP contribution in [-0.4, -0.2) is 38.3 Å². The van der Waals surface area contributed by atoms with Gasteiger partial charge in [0, 0.05) is 28.2 Å². The molecule has 0 saturated carbocycles. The van der Waals surface area contributed by atoms with E-state index >= 15 is 0 Å². The molecule has 1 aromatic heterocycles. The molecule has 0 spiro atoms. The van der Waals surface area contributed by atoms with Crippen LogP contribution in [0.5, 0.6) is 17.2 Å². The SMILES string of the molecule is COc1ccc2[nH]c3c(c2c1)CC(NC(=O)c1ccc(OC)c(OC)c1)CC3. The zero-order valence-corrected chi connectivity index (χ0v) is 16.3. The maximum Gasteiger partial charge on any atom is 0.251 e. The Balaban J connectivity index is 1.54. The lowest BCUT2D eigenvalue weighted by Crippen LogP contribution is -2.38. The fourth-order valence-corrected chi connectivity index (χ4v) is 3.89. The predicted molar refractivity (Wildman–Crippen MR) is 108 cm³/mol. The topological polar surface area (TPSA) is 72.6 Å². The molecule has 0 radical (unpaired) electrons. The van der Waals surface area contributed by atoms with E-state index in [1.54, 1.807) is 39.5 Å². The third-order valence-electron chi connectivity index (χ3n) is 5.38. The van der Waals surface area contributed by atoms with Crippen molar-refractivity contribution in [2.75, 3.05) is 21.3 Å². The van der Waals surface area contributed by atoms with Gasteiger partial charge in [-0.2, -0.15) is 0 Å². The van der Waals surface area contributed by atoms with Crippen LogP contribution in [0.15, 0.2) is 36.4 Å². The number of benzene rings is 2. The molecule has 6 heteroatoms. The van der Waals surface area contributed by atoms with E-state index in [2.05, 4.69) is 16.4 Å². The van der Waals surface area contributed by atoms with Crippen LogP contribution in [0.2, 0.25) is 0 Å². The van der Waals surface area contributed by atoms with Crippen LogP contribution in [0.1, 0.15) is 28.0 Å². The van der Waals surface area contributed by atoms with E-state index in [1.165, 1.54) is 16.6 Å². The highest BCUT2D eigenvalue weighted by atomic mass is 16.5. The number of ether oxygens (including phenoxy) is 3. The van der Waals surface area contributed by atoms with Crippen molar-refractivity contribution < 1.29 is 19.0 Å². The molecule has 146 valence electrons. The number of hydrogen-bond acceptors (Lipinski definition) is 4. The second-order valence-electron chi connectivity index (χ2n) is 6.98. The van der Waals surface area contributed by atoms with Crippen molar-refractivity contribution in [3.63, 3.8) is 0 Å². The summed E-state index contributed by atoms with van der Waals surface area (Å²) >= 11 is 0. The summed E-state index contributed by atoms with van der Waals surface area (Å²) in [7, 11) is 4.81. The molecule has 1 unspecified atom stereocenters. The Morgan fingerprint density at radius 1 is 1.04 bits per heavy atom. The molecule has 0 fully saturated rings. The van der Waals surface area contributed by atoms with Crippen LogP contribution < -0.4 is 19.5 Å². The number of amides is 1. The lowest BCUT2D eigenvalue weighted by atomic mass is 9.91. The van der Waals surface area contributed by atoms with Gasteiger partial charge in [0.05, 0.1) is 21.3 Å². The molecule has 1 heterocycles. The van der Waals surface area contributed by atoms with Crippen LogP contribution in [0.25, 0.3) is 10.9 Å². The molecule has 1 aliphatic rings. The van der Waals surface area contributed by atoms with Crippen LogP contribution in [0, 0.1) is 0 Å². The molecule has 0 bridgehead atoms. The maximum absolute atomic E-state index is 12.8. The summed E-state index contributed by atoms with van der Waals surface area (Å²) in [5.41, 5.74) is 4.18. The molecule has 3 aromatic rings. The zero-order valence-electron chi connectivity index (χ0n) is 16.3. The average molecular weight is 380 g/mol. The van der Waals surface area contributed by atoms with Gasteiger partial charge < -0.3 is 24.5 Å². The highest BCUT2D eigenvalue weighted by molar-refractivity contribution is 5.95. The number of aryl methyl sites for hydroxylation is 1. The molecular weight excluding hydrogens is 356 g/mol. The van der Waals surface area contributed by atoms with Crippen molar-refractivity contribution in [2.45, 2.75) is 25.3 Å². The van der Waals surface area contributed by atoms with Crippen molar-refractivity contribution in [2.24, 2.45) is 0 Å². The highest BCUT2D eigenvalue weighted by Gasteiger charge is 2.24. The van der Waals surface area contributed by atoms with E-state index < -0.39 is 0 Å². The molecule has 28 heavy (non-hydrogen) atoms. The number of rotatable bonds is 5. The molecule has 1 aliphatic carbocycles. The van der Waals surface area contributed by atoms with E-state index in [0.717, 1.165) is 30.5 Å². The molecule has 0 aliphatic heterocycles. The van der Waals surface area contributed by atoms with Gasteiger partial charge in [-0.1, -0.05) is 0 Å². The number of H-pyrrole nitrogens is 1. The van der Waals surface area contributed by atoms with Crippen molar-refractivity contribution in [1.82, 2.24) is 10.3 Å². The zero-order chi connectivity index (χ0) is 19.7. The second-order valence-corrected chi connectivity index (χ2v) is 6.98. The minimum absolute atomic E-state index is 0.0818. The normalized spacial score (nSPS) is 15.8. The lowest BCUT2D eigenvalue weighted by molar-refractivity contribution is 0.0933. The fourth-order valence-electron chi connectivity index (χ4n) is 3.89. The van der Waals surface area contributed by atoms with Crippen LogP contribution in [0.3, 0.4) is 0 Å². The predicted octanol–water partition coefficient (Wildman–Crippen LogP) is 3.48. The molecule has 1 atom stereocenters. The van der Waals surface area contributed by atoms with E-state index in [4.69, 9.17) is 14.2 Å². The average Bonchev–Trinajstić information content (AvgIpc) is 3.10. The summed E-state index contributed by atoms with van der Waals surface area (Å²) in [6, 6.07) is 11.4. The Morgan fingerprint density at radius 2 is 1.86 bits per heavy atom. The van der Waals surface area contributed by atoms with Gasteiger partial charge in [0.2, 0.25) is 0 Å². The number of fused-ring (bicyclic) bond motifs is 3. The lowest BCUT2D eigenvalue weighted by Gasteiger charge is -2.24. The molecule has 0 saturated heterocycles. The minimum Gasteiger partial charge on any atom is -0.497 e. The largest absolute Gasteiger partial charge is 0.497 e. The first-order valence-electron chi connectivity index (χ1n) is 9.33. The number of aromatic amines is 1. The summed E-state index contributed by atoms with van der Waals surface area (Å²) in [6.45, 7) is 0. The van der Waals surface area contributed by atoms with E-state index in [-0.39, 0.29) is 11.9 Å². The number of aromatic nitrogens is 1. The summed E-state index contributed by atoms with van der Waals surface area (Å²) < 4.78 is 15.9. The van der Waals surface area contributed by atoms with Gasteiger partial charge in [0.1, 0.15) is 5.75 Å². The van der Waals surface area contributed by atoms with Gasteiger partial charge in [0.25, 0.3) is 5.91 Å². The summed E-state index contributed by atoms with van der Waals surface area (Å²) in [5.74, 6) is 1.89. The van der Waals surface area contributed by atoms with Crippen molar-refractivity contribution in [1.29, 1.82) is 0 Å². The Labute approximate surface area is 163 Å². The first kappa shape index (κ1) is 18.2. The Kier molecular flexibility index (Phi) is 4.86. The molecule has 1 amide bonds. The van der Waals surface area contributed by atoms with Gasteiger partial charge in [-0.05, 0) is 61.2 Å². The number of methoxy groups -OCH3 is 3. The van der Waals surface area contributed by atoms with E-state index in [9.17, 15) is 4.79 Å². The van der Waals surface area contributed by atoms with Gasteiger partial charge >= 0.3 is 0 Å². The van der Waals surface area contributed by atoms with Crippen LogP contribution >= 0.6 is 0 Å². The monoisotopic (exact) mass is 380 g/mol. The van der Waals surface area contributed by atoms with Crippen molar-refractivity contribution in [3.8, 4) is 17.2 Å². The quantitative estimate of drug-likeness (QED) is 0.711. The first-order valence-corrected chi connectivity index (χ1v) is 9.33. The third kappa shape index (κ3) is 3.26. The fraction of sp³-hybridized carbons (Fsp3) is 0.318. The van der Waals surface area contributed by atoms with Crippen molar-refractivity contribution in [3.05, 3.63) is 53.2 Å². The van der Waals surface area contributed by atoms with E-state index in [0.29, 0.717) is 17.1 Å². The maximum atomic E-state index is 12.8. The minimum atomic E-state index is -0.105. The van der Waals surface area contributed by atoms with Gasteiger partial charge in [-0.15, -0.1) is 0 Å². The van der Waals surface area contributed by atoms with Gasteiger partial charge in [-0.25, -0.2) is 0 Å². The smallest absolute Gasteiger partial charge is 0.251 e. The highest BCUT2D eigenvalue weighted by Crippen LogP contribution is 2.32. The Bertz CT molecular complexity index is 1020. The summed E-state index contributed by atoms with van der Waals surface area (Å²) in [4.78, 5) is 16.3. The second kappa shape index (κ2) is 7.46. The number of nitrogens with one attached hydrogen (secondary N) is 2. The Morgan fingerprint density at radius 3 is 2.61 bits per heavy atom. The van der Waals surface area contributed by atoms with Gasteiger partial charge in [0.15, 0.2) is 11.5 Å². The molecule has 6 nitrogen and oxygen atoms in total. The van der Waals surface area contributed by atoms with Crippen molar-refractivity contribution >= 4 is 16.8 Å².